The van der Waals surface area contributed by atoms with Gasteiger partial charge in [0.25, 0.3) is 5.91 Å². The molecule has 0 atom stereocenters. The first-order chi connectivity index (χ1) is 14.6. The minimum absolute atomic E-state index is 0. The lowest BCUT2D eigenvalue weighted by atomic mass is 10.2. The van der Waals surface area contributed by atoms with E-state index in [0.717, 1.165) is 44.1 Å². The third-order valence-electron chi connectivity index (χ3n) is 4.44. The number of anilines is 1. The summed E-state index contributed by atoms with van der Waals surface area (Å²) in [5.74, 6) is 0.898. The highest BCUT2D eigenvalue weighted by atomic mass is 127. The Bertz CT molecular complexity index is 802. The topological polar surface area (TPSA) is 92.0 Å². The molecule has 0 aromatic heterocycles. The number of halogens is 1. The van der Waals surface area contributed by atoms with Crippen LogP contribution in [0.3, 0.4) is 0 Å². The number of hydrogen-bond donors (Lipinski definition) is 3. The van der Waals surface area contributed by atoms with Gasteiger partial charge in [-0.15, -0.1) is 24.0 Å². The number of rotatable bonds is 12. The molecule has 2 aromatic rings. The number of primary amides is 1. The highest BCUT2D eigenvalue weighted by Gasteiger charge is 2.04. The van der Waals surface area contributed by atoms with Crippen LogP contribution in [0.15, 0.2) is 59.6 Å². The molecule has 2 rings (SSSR count). The van der Waals surface area contributed by atoms with Crippen LogP contribution < -0.4 is 26.0 Å². The first-order valence-corrected chi connectivity index (χ1v) is 10.4. The molecule has 0 aliphatic carbocycles. The number of hydrogen-bond acceptors (Lipinski definition) is 4. The maximum absolute atomic E-state index is 10.9. The van der Waals surface area contributed by atoms with Crippen LogP contribution in [-0.4, -0.2) is 44.7 Å². The zero-order valence-corrected chi connectivity index (χ0v) is 20.7. The van der Waals surface area contributed by atoms with Crippen LogP contribution >= 0.6 is 24.0 Å². The van der Waals surface area contributed by atoms with Crippen molar-refractivity contribution in [3.05, 3.63) is 60.2 Å². The van der Waals surface area contributed by atoms with Gasteiger partial charge in [0.1, 0.15) is 5.75 Å². The van der Waals surface area contributed by atoms with Crippen molar-refractivity contribution in [2.75, 3.05) is 37.7 Å². The molecule has 1 amide bonds. The molecule has 0 unspecified atom stereocenters. The number of nitrogens with zero attached hydrogens (tertiary/aromatic N) is 2. The largest absolute Gasteiger partial charge is 0.484 e. The number of nitrogens with one attached hydrogen (secondary N) is 2. The summed E-state index contributed by atoms with van der Waals surface area (Å²) in [6, 6.07) is 18.0. The molecule has 0 spiro atoms. The van der Waals surface area contributed by atoms with Crippen molar-refractivity contribution >= 4 is 41.5 Å². The lowest BCUT2D eigenvalue weighted by Gasteiger charge is -2.23. The van der Waals surface area contributed by atoms with Gasteiger partial charge in [0.05, 0.1) is 6.54 Å². The summed E-state index contributed by atoms with van der Waals surface area (Å²) in [6.07, 6.45) is 1.00. The van der Waals surface area contributed by atoms with E-state index in [9.17, 15) is 4.79 Å². The zero-order chi connectivity index (χ0) is 21.6. The molecule has 4 N–H and O–H groups in total. The van der Waals surface area contributed by atoms with Crippen LogP contribution in [-0.2, 0) is 11.3 Å². The lowest BCUT2D eigenvalue weighted by molar-refractivity contribution is -0.119. The van der Waals surface area contributed by atoms with Crippen molar-refractivity contribution in [1.82, 2.24) is 10.6 Å². The number of aliphatic imine (C=N–C) groups is 1. The predicted octanol–water partition coefficient (Wildman–Crippen LogP) is 3.14. The fourth-order valence-electron chi connectivity index (χ4n) is 2.99. The lowest BCUT2D eigenvalue weighted by Crippen LogP contribution is -2.38. The molecule has 0 saturated carbocycles. The van der Waals surface area contributed by atoms with E-state index in [4.69, 9.17) is 10.5 Å². The molecular formula is C23H34IN5O2. The molecule has 0 fully saturated rings. The van der Waals surface area contributed by atoms with Crippen LogP contribution in [0, 0.1) is 0 Å². The van der Waals surface area contributed by atoms with Crippen LogP contribution in [0.2, 0.25) is 0 Å². The first kappa shape index (κ1) is 26.5. The second-order valence-electron chi connectivity index (χ2n) is 6.79. The molecular weight excluding hydrogens is 505 g/mol. The van der Waals surface area contributed by atoms with Gasteiger partial charge < -0.3 is 26.0 Å². The Morgan fingerprint density at radius 1 is 1.10 bits per heavy atom. The number of ether oxygens (including phenoxy) is 1. The maximum atomic E-state index is 10.9. The van der Waals surface area contributed by atoms with Gasteiger partial charge in [-0.25, -0.2) is 4.99 Å². The molecule has 7 nitrogen and oxygen atoms in total. The third kappa shape index (κ3) is 10.4. The Labute approximate surface area is 202 Å². The molecule has 170 valence electrons. The normalized spacial score (nSPS) is 10.7. The fourth-order valence-corrected chi connectivity index (χ4v) is 2.99. The quantitative estimate of drug-likeness (QED) is 0.167. The van der Waals surface area contributed by atoms with Gasteiger partial charge in [0, 0.05) is 31.9 Å². The number of benzene rings is 2. The summed E-state index contributed by atoms with van der Waals surface area (Å²) >= 11 is 0. The van der Waals surface area contributed by atoms with Crippen molar-refractivity contribution in [3.8, 4) is 5.75 Å². The van der Waals surface area contributed by atoms with Gasteiger partial charge in [0.15, 0.2) is 12.6 Å². The predicted molar refractivity (Wildman–Crippen MR) is 138 cm³/mol. The molecule has 0 heterocycles. The first-order valence-electron chi connectivity index (χ1n) is 10.4. The molecule has 0 aliphatic heterocycles. The number of amides is 1. The van der Waals surface area contributed by atoms with Crippen molar-refractivity contribution in [3.63, 3.8) is 0 Å². The molecule has 0 saturated heterocycles. The van der Waals surface area contributed by atoms with E-state index in [1.165, 1.54) is 5.69 Å². The van der Waals surface area contributed by atoms with E-state index in [0.29, 0.717) is 12.3 Å². The van der Waals surface area contributed by atoms with E-state index < -0.39 is 5.91 Å². The van der Waals surface area contributed by atoms with E-state index in [1.54, 1.807) is 6.07 Å². The smallest absolute Gasteiger partial charge is 0.255 e. The van der Waals surface area contributed by atoms with Crippen molar-refractivity contribution in [1.29, 1.82) is 0 Å². The summed E-state index contributed by atoms with van der Waals surface area (Å²) < 4.78 is 5.35. The highest BCUT2D eigenvalue weighted by molar-refractivity contribution is 14.0. The Kier molecular flexibility index (Phi) is 13.1. The summed E-state index contributed by atoms with van der Waals surface area (Å²) in [5.41, 5.74) is 7.37. The summed E-state index contributed by atoms with van der Waals surface area (Å²) in [7, 11) is 0. The average Bonchev–Trinajstić information content (AvgIpc) is 2.77. The standard InChI is InChI=1S/C23H33N5O2.HI/c1-3-25-23(26-14-9-15-28(4-2)20-11-6-5-7-12-20)27-17-19-10-8-13-21(16-19)30-18-22(24)29;/h5-8,10-13,16H,3-4,9,14-15,17-18H2,1-2H3,(H2,24,29)(H2,25,26,27);1H. The van der Waals surface area contributed by atoms with E-state index in [1.807, 2.05) is 31.2 Å². The Hall–Kier alpha value is -2.49. The van der Waals surface area contributed by atoms with Gasteiger partial charge in [0.2, 0.25) is 0 Å². The second-order valence-corrected chi connectivity index (χ2v) is 6.79. The molecule has 0 radical (unpaired) electrons. The Balaban J connectivity index is 0.00000480. The minimum Gasteiger partial charge on any atom is -0.484 e. The van der Waals surface area contributed by atoms with Gasteiger partial charge in [-0.05, 0) is 50.1 Å². The van der Waals surface area contributed by atoms with Crippen LogP contribution in [0.4, 0.5) is 5.69 Å². The monoisotopic (exact) mass is 539 g/mol. The number of guanidine groups is 1. The van der Waals surface area contributed by atoms with E-state index in [-0.39, 0.29) is 30.6 Å². The fraction of sp³-hybridized carbons (Fsp3) is 0.391. The maximum Gasteiger partial charge on any atom is 0.255 e. The van der Waals surface area contributed by atoms with Gasteiger partial charge in [-0.1, -0.05) is 30.3 Å². The molecule has 0 bridgehead atoms. The Morgan fingerprint density at radius 2 is 1.87 bits per heavy atom. The zero-order valence-electron chi connectivity index (χ0n) is 18.3. The number of carbonyl (C=O) groups excluding carboxylic acids is 1. The number of nitrogens with two attached hydrogens (primary N) is 1. The molecule has 8 heteroatoms. The highest BCUT2D eigenvalue weighted by Crippen LogP contribution is 2.14. The summed E-state index contributed by atoms with van der Waals surface area (Å²) in [4.78, 5) is 17.9. The Morgan fingerprint density at radius 3 is 2.55 bits per heavy atom. The molecule has 0 aliphatic rings. The van der Waals surface area contributed by atoms with E-state index >= 15 is 0 Å². The number of carbonyl (C=O) groups is 1. The SMILES string of the molecule is CCNC(=NCc1cccc(OCC(N)=O)c1)NCCCN(CC)c1ccccc1.I. The van der Waals surface area contributed by atoms with Crippen molar-refractivity contribution < 1.29 is 9.53 Å². The van der Waals surface area contributed by atoms with Gasteiger partial charge >= 0.3 is 0 Å². The van der Waals surface area contributed by atoms with Crippen molar-refractivity contribution in [2.45, 2.75) is 26.8 Å². The van der Waals surface area contributed by atoms with E-state index in [2.05, 4.69) is 51.7 Å². The van der Waals surface area contributed by atoms with Crippen molar-refractivity contribution in [2.24, 2.45) is 10.7 Å². The summed E-state index contributed by atoms with van der Waals surface area (Å²) in [6.45, 7) is 8.17. The molecule has 31 heavy (non-hydrogen) atoms. The average molecular weight is 539 g/mol. The molecule has 2 aromatic carbocycles. The summed E-state index contributed by atoms with van der Waals surface area (Å²) in [5, 5.41) is 6.67. The number of para-hydroxylation sites is 1. The van der Waals surface area contributed by atoms with Crippen LogP contribution in [0.5, 0.6) is 5.75 Å². The van der Waals surface area contributed by atoms with Crippen LogP contribution in [0.1, 0.15) is 25.8 Å². The second kappa shape index (κ2) is 15.3. The van der Waals surface area contributed by atoms with Gasteiger partial charge in [-0.2, -0.15) is 0 Å². The minimum atomic E-state index is -0.494. The third-order valence-corrected chi connectivity index (χ3v) is 4.44. The van der Waals surface area contributed by atoms with Gasteiger partial charge in [-0.3, -0.25) is 4.79 Å². The van der Waals surface area contributed by atoms with Crippen LogP contribution in [0.25, 0.3) is 0 Å².